The van der Waals surface area contributed by atoms with E-state index in [2.05, 4.69) is 10.2 Å². The van der Waals surface area contributed by atoms with Gasteiger partial charge >= 0.3 is 0 Å². The smallest absolute Gasteiger partial charge is 0.292 e. The van der Waals surface area contributed by atoms with Gasteiger partial charge in [-0.25, -0.2) is 4.39 Å². The van der Waals surface area contributed by atoms with Crippen molar-refractivity contribution in [3.05, 3.63) is 59.9 Å². The van der Waals surface area contributed by atoms with Crippen molar-refractivity contribution >= 4 is 23.3 Å². The fourth-order valence-corrected chi connectivity index (χ4v) is 3.09. The van der Waals surface area contributed by atoms with E-state index in [1.165, 1.54) is 12.1 Å². The molecule has 0 unspecified atom stereocenters. The maximum atomic E-state index is 12.9. The summed E-state index contributed by atoms with van der Waals surface area (Å²) in [6.07, 6.45) is 0. The number of anilines is 1. The lowest BCUT2D eigenvalue weighted by molar-refractivity contribution is -0.132. The molecular weight excluding hydrogens is 377 g/mol. The summed E-state index contributed by atoms with van der Waals surface area (Å²) in [4.78, 5) is 40.1. The minimum atomic E-state index is -0.887. The monoisotopic (exact) mass is 399 g/mol. The number of piperazine rings is 1. The number of carbonyl (C=O) groups is 3. The molecule has 29 heavy (non-hydrogen) atoms. The average molecular weight is 399 g/mol. The van der Waals surface area contributed by atoms with Gasteiger partial charge in [0.25, 0.3) is 5.91 Å². The van der Waals surface area contributed by atoms with Crippen LogP contribution in [0, 0.1) is 5.82 Å². The molecule has 2 aromatic carbocycles. The van der Waals surface area contributed by atoms with E-state index in [9.17, 15) is 18.8 Å². The summed E-state index contributed by atoms with van der Waals surface area (Å²) in [6.45, 7) is 2.12. The number of ether oxygens (including phenoxy) is 1. The predicted octanol–water partition coefficient (Wildman–Crippen LogP) is 1.48. The molecule has 1 N–H and O–H groups in total. The lowest BCUT2D eigenvalue weighted by Gasteiger charge is -2.36. The van der Waals surface area contributed by atoms with Gasteiger partial charge in [-0.15, -0.1) is 0 Å². The molecule has 1 saturated heterocycles. The highest BCUT2D eigenvalue weighted by atomic mass is 19.1. The van der Waals surface area contributed by atoms with Gasteiger partial charge in [0.15, 0.2) is 0 Å². The minimum absolute atomic E-state index is 0.0736. The normalized spacial score (nSPS) is 13.7. The van der Waals surface area contributed by atoms with Gasteiger partial charge < -0.3 is 19.9 Å². The summed E-state index contributed by atoms with van der Waals surface area (Å²) < 4.78 is 18.1. The first-order valence-electron chi connectivity index (χ1n) is 9.23. The van der Waals surface area contributed by atoms with Crippen LogP contribution in [0.25, 0.3) is 0 Å². The number of hydrogen-bond acceptors (Lipinski definition) is 5. The van der Waals surface area contributed by atoms with E-state index in [1.54, 1.807) is 12.0 Å². The second-order valence-electron chi connectivity index (χ2n) is 6.58. The summed E-state index contributed by atoms with van der Waals surface area (Å²) in [7, 11) is 1.62. The molecule has 7 nitrogen and oxygen atoms in total. The SMILES string of the molecule is COc1ccc(N2CCN(C(=O)CNC(=O)C(=O)c3ccc(F)cc3)CC2)cc1. The second kappa shape index (κ2) is 9.18. The van der Waals surface area contributed by atoms with Gasteiger partial charge in [-0.2, -0.15) is 0 Å². The molecular formula is C21H22FN3O4. The van der Waals surface area contributed by atoms with Crippen LogP contribution in [0.3, 0.4) is 0 Å². The quantitative estimate of drug-likeness (QED) is 0.588. The standard InChI is InChI=1S/C21H22FN3O4/c1-29-18-8-6-17(7-9-18)24-10-12-25(13-11-24)19(26)14-23-21(28)20(27)15-2-4-16(22)5-3-15/h2-9H,10-14H2,1H3,(H,23,28). The van der Waals surface area contributed by atoms with Crippen molar-refractivity contribution in [3.63, 3.8) is 0 Å². The minimum Gasteiger partial charge on any atom is -0.497 e. The topological polar surface area (TPSA) is 79.0 Å². The van der Waals surface area contributed by atoms with Crippen molar-refractivity contribution < 1.29 is 23.5 Å². The summed E-state index contributed by atoms with van der Waals surface area (Å²) in [6, 6.07) is 12.4. The zero-order valence-corrected chi connectivity index (χ0v) is 16.1. The fourth-order valence-electron chi connectivity index (χ4n) is 3.09. The van der Waals surface area contributed by atoms with Crippen LogP contribution in [0.1, 0.15) is 10.4 Å². The molecule has 1 fully saturated rings. The van der Waals surface area contributed by atoms with Crippen molar-refractivity contribution in [2.75, 3.05) is 44.7 Å². The first-order valence-corrected chi connectivity index (χ1v) is 9.23. The van der Waals surface area contributed by atoms with Gasteiger partial charge in [0.05, 0.1) is 13.7 Å². The molecule has 8 heteroatoms. The predicted molar refractivity (Wildman–Crippen MR) is 106 cm³/mol. The number of nitrogens with one attached hydrogen (secondary N) is 1. The van der Waals surface area contributed by atoms with E-state index >= 15 is 0 Å². The Morgan fingerprint density at radius 3 is 2.17 bits per heavy atom. The summed E-state index contributed by atoms with van der Waals surface area (Å²) in [5.41, 5.74) is 1.13. The molecule has 3 rings (SSSR count). The molecule has 152 valence electrons. The average Bonchev–Trinajstić information content (AvgIpc) is 2.77. The van der Waals surface area contributed by atoms with Crippen LogP contribution in [-0.4, -0.2) is 62.3 Å². The van der Waals surface area contributed by atoms with E-state index in [4.69, 9.17) is 4.74 Å². The highest BCUT2D eigenvalue weighted by molar-refractivity contribution is 6.43. The number of ketones is 1. The molecule has 0 atom stereocenters. The Morgan fingerprint density at radius 2 is 1.59 bits per heavy atom. The molecule has 0 saturated carbocycles. The number of methoxy groups -OCH3 is 1. The first kappa shape index (κ1) is 20.3. The van der Waals surface area contributed by atoms with Crippen LogP contribution in [-0.2, 0) is 9.59 Å². The third-order valence-electron chi connectivity index (χ3n) is 4.78. The van der Waals surface area contributed by atoms with Crippen LogP contribution in [0.2, 0.25) is 0 Å². The Kier molecular flexibility index (Phi) is 6.43. The molecule has 0 aliphatic carbocycles. The van der Waals surface area contributed by atoms with Crippen LogP contribution in [0.4, 0.5) is 10.1 Å². The number of halogens is 1. The van der Waals surface area contributed by atoms with E-state index in [0.29, 0.717) is 26.2 Å². The zero-order chi connectivity index (χ0) is 20.8. The molecule has 1 heterocycles. The zero-order valence-electron chi connectivity index (χ0n) is 16.1. The van der Waals surface area contributed by atoms with Gasteiger partial charge in [-0.3, -0.25) is 14.4 Å². The number of benzene rings is 2. The second-order valence-corrected chi connectivity index (χ2v) is 6.58. The molecule has 0 spiro atoms. The largest absolute Gasteiger partial charge is 0.497 e. The molecule has 1 aliphatic heterocycles. The first-order chi connectivity index (χ1) is 14.0. The number of hydrogen-bond donors (Lipinski definition) is 1. The summed E-state index contributed by atoms with van der Waals surface area (Å²) >= 11 is 0. The van der Waals surface area contributed by atoms with Gasteiger partial charge in [0.2, 0.25) is 11.7 Å². The highest BCUT2D eigenvalue weighted by Crippen LogP contribution is 2.20. The van der Waals surface area contributed by atoms with Crippen molar-refractivity contribution in [1.29, 1.82) is 0 Å². The Hall–Kier alpha value is -3.42. The van der Waals surface area contributed by atoms with Gasteiger partial charge in [0, 0.05) is 37.4 Å². The Morgan fingerprint density at radius 1 is 0.966 bits per heavy atom. The van der Waals surface area contributed by atoms with E-state index in [0.717, 1.165) is 23.6 Å². The molecule has 1 aliphatic rings. The number of amides is 2. The maximum Gasteiger partial charge on any atom is 0.292 e. The number of carbonyl (C=O) groups excluding carboxylic acids is 3. The Balaban J connectivity index is 1.46. The van der Waals surface area contributed by atoms with E-state index in [-0.39, 0.29) is 18.0 Å². The number of Topliss-reactive ketones (excluding diaryl/α,β-unsaturated/α-hetero) is 1. The molecule has 0 radical (unpaired) electrons. The van der Waals surface area contributed by atoms with Crippen molar-refractivity contribution in [1.82, 2.24) is 10.2 Å². The molecule has 2 amide bonds. The van der Waals surface area contributed by atoms with Crippen molar-refractivity contribution in [2.24, 2.45) is 0 Å². The van der Waals surface area contributed by atoms with Gasteiger partial charge in [-0.05, 0) is 48.5 Å². The van der Waals surface area contributed by atoms with Crippen molar-refractivity contribution in [3.8, 4) is 5.75 Å². The van der Waals surface area contributed by atoms with Crippen LogP contribution >= 0.6 is 0 Å². The van der Waals surface area contributed by atoms with Crippen molar-refractivity contribution in [2.45, 2.75) is 0 Å². The van der Waals surface area contributed by atoms with Gasteiger partial charge in [-0.1, -0.05) is 0 Å². The van der Waals surface area contributed by atoms with Gasteiger partial charge in [0.1, 0.15) is 11.6 Å². The maximum absolute atomic E-state index is 12.9. The molecule has 0 aromatic heterocycles. The summed E-state index contributed by atoms with van der Waals surface area (Å²) in [5.74, 6) is -1.65. The third-order valence-corrected chi connectivity index (χ3v) is 4.78. The third kappa shape index (κ3) is 5.10. The lowest BCUT2D eigenvalue weighted by Crippen LogP contribution is -2.51. The number of rotatable bonds is 6. The Labute approximate surface area is 168 Å². The lowest BCUT2D eigenvalue weighted by atomic mass is 10.1. The summed E-state index contributed by atoms with van der Waals surface area (Å²) in [5, 5.41) is 2.35. The number of nitrogens with zero attached hydrogens (tertiary/aromatic N) is 2. The van der Waals surface area contributed by atoms with E-state index < -0.39 is 17.5 Å². The van der Waals surface area contributed by atoms with E-state index in [1.807, 2.05) is 24.3 Å². The molecule has 2 aromatic rings. The fraction of sp³-hybridized carbons (Fsp3) is 0.286. The Bertz CT molecular complexity index is 876. The highest BCUT2D eigenvalue weighted by Gasteiger charge is 2.23. The van der Waals surface area contributed by atoms with Crippen LogP contribution in [0.5, 0.6) is 5.75 Å². The van der Waals surface area contributed by atoms with Crippen LogP contribution in [0.15, 0.2) is 48.5 Å². The van der Waals surface area contributed by atoms with Crippen LogP contribution < -0.4 is 15.0 Å². The molecule has 0 bridgehead atoms.